The lowest BCUT2D eigenvalue weighted by atomic mass is 9.72. The van der Waals surface area contributed by atoms with E-state index < -0.39 is 5.60 Å². The molecule has 4 nitrogen and oxygen atoms in total. The van der Waals surface area contributed by atoms with Gasteiger partial charge in [0.25, 0.3) is 0 Å². The molecule has 0 aromatic heterocycles. The van der Waals surface area contributed by atoms with Crippen LogP contribution in [0.1, 0.15) is 63.1 Å². The topological polar surface area (TPSA) is 46.6 Å². The first-order valence-corrected chi connectivity index (χ1v) is 11.8. The van der Waals surface area contributed by atoms with Gasteiger partial charge in [-0.3, -0.25) is 9.59 Å². The highest BCUT2D eigenvalue weighted by atomic mass is 35.5. The molecule has 0 unspecified atom stereocenters. The van der Waals surface area contributed by atoms with Crippen LogP contribution in [0.4, 0.5) is 0 Å². The number of amides is 1. The molecule has 6 heteroatoms. The Morgan fingerprint density at radius 2 is 1.69 bits per heavy atom. The molecule has 1 aliphatic rings. The Morgan fingerprint density at radius 3 is 2.34 bits per heavy atom. The second-order valence-corrected chi connectivity index (χ2v) is 10.4. The predicted octanol–water partition coefficient (Wildman–Crippen LogP) is 6.20. The molecule has 0 N–H and O–H groups in total. The Hall–Kier alpha value is -2.04. The number of fused-ring (bicyclic) bond motifs is 1. The molecule has 0 spiro atoms. The van der Waals surface area contributed by atoms with Crippen LogP contribution in [0, 0.1) is 0 Å². The van der Waals surface area contributed by atoms with Crippen LogP contribution >= 0.6 is 23.2 Å². The summed E-state index contributed by atoms with van der Waals surface area (Å²) in [7, 11) is 1.74. The van der Waals surface area contributed by atoms with Gasteiger partial charge in [0, 0.05) is 35.5 Å². The molecule has 3 rings (SSSR count). The molecule has 2 aromatic rings. The lowest BCUT2D eigenvalue weighted by molar-refractivity contribution is -0.155. The van der Waals surface area contributed by atoms with Crippen molar-refractivity contribution in [2.24, 2.45) is 0 Å². The van der Waals surface area contributed by atoms with Crippen molar-refractivity contribution in [3.8, 4) is 0 Å². The molecule has 1 atom stereocenters. The minimum absolute atomic E-state index is 0.0115. The van der Waals surface area contributed by atoms with Gasteiger partial charge in [0.1, 0.15) is 5.60 Å². The number of ether oxygens (including phenoxy) is 1. The predicted molar refractivity (Wildman–Crippen MR) is 129 cm³/mol. The van der Waals surface area contributed by atoms with Crippen LogP contribution in [0.25, 0.3) is 0 Å². The number of carbonyl (C=O) groups is 2. The largest absolute Gasteiger partial charge is 0.460 e. The number of halogens is 2. The van der Waals surface area contributed by atoms with E-state index in [9.17, 15) is 9.59 Å². The second kappa shape index (κ2) is 9.84. The zero-order valence-electron chi connectivity index (χ0n) is 19.2. The number of esters is 1. The summed E-state index contributed by atoms with van der Waals surface area (Å²) in [6.07, 6.45) is 3.08. The summed E-state index contributed by atoms with van der Waals surface area (Å²) in [5.41, 5.74) is 2.80. The molecular weight excluding hydrogens is 445 g/mol. The van der Waals surface area contributed by atoms with E-state index in [0.29, 0.717) is 29.4 Å². The molecule has 0 fully saturated rings. The van der Waals surface area contributed by atoms with Crippen molar-refractivity contribution in [1.29, 1.82) is 0 Å². The molecular formula is C26H31Cl2NO3. The summed E-state index contributed by atoms with van der Waals surface area (Å²) >= 11 is 12.5. The van der Waals surface area contributed by atoms with E-state index in [0.717, 1.165) is 18.4 Å². The Morgan fingerprint density at radius 1 is 1.03 bits per heavy atom. The number of hydrogen-bond acceptors (Lipinski definition) is 3. The number of nitrogens with zero attached hydrogens (tertiary/aromatic N) is 1. The van der Waals surface area contributed by atoms with Crippen LogP contribution < -0.4 is 0 Å². The number of carbonyl (C=O) groups excluding carboxylic acids is 2. The average Bonchev–Trinajstić information content (AvgIpc) is 3.08. The molecule has 0 heterocycles. The van der Waals surface area contributed by atoms with Crippen LogP contribution in [0.3, 0.4) is 0 Å². The lowest BCUT2D eigenvalue weighted by Gasteiger charge is -2.32. The van der Waals surface area contributed by atoms with Gasteiger partial charge in [0.2, 0.25) is 5.91 Å². The van der Waals surface area contributed by atoms with E-state index in [-0.39, 0.29) is 23.7 Å². The van der Waals surface area contributed by atoms with Crippen LogP contribution in [0.15, 0.2) is 42.5 Å². The maximum atomic E-state index is 12.9. The minimum atomic E-state index is -0.526. The number of rotatable bonds is 7. The van der Waals surface area contributed by atoms with E-state index in [2.05, 4.69) is 18.2 Å². The van der Waals surface area contributed by atoms with Gasteiger partial charge in [-0.25, -0.2) is 0 Å². The van der Waals surface area contributed by atoms with Crippen molar-refractivity contribution >= 4 is 35.1 Å². The van der Waals surface area contributed by atoms with Gasteiger partial charge in [0.15, 0.2) is 0 Å². The first-order valence-electron chi connectivity index (χ1n) is 11.0. The summed E-state index contributed by atoms with van der Waals surface area (Å²) in [6.45, 7) is 5.84. The van der Waals surface area contributed by atoms with E-state index in [4.69, 9.17) is 27.9 Å². The number of benzene rings is 2. The standard InChI is InChI=1S/C26H31Cl2NO3/c1-25(2,3)32-24(31)13-16-29(4)23(30)12-15-26(19-6-9-20(27)10-7-19)14-11-18-5-8-21(28)17-22(18)26/h5-10,17H,11-16H2,1-4H3/t26-/m1/s1. The second-order valence-electron chi connectivity index (χ2n) is 9.54. The fourth-order valence-corrected chi connectivity index (χ4v) is 4.75. The third-order valence-electron chi connectivity index (χ3n) is 6.07. The van der Waals surface area contributed by atoms with Gasteiger partial charge in [-0.2, -0.15) is 0 Å². The summed E-state index contributed by atoms with van der Waals surface area (Å²) < 4.78 is 5.34. The van der Waals surface area contributed by atoms with E-state index in [1.165, 1.54) is 11.1 Å². The molecule has 1 aliphatic carbocycles. The maximum Gasteiger partial charge on any atom is 0.308 e. The normalized spacial score (nSPS) is 17.7. The Bertz CT molecular complexity index is 982. The molecule has 0 radical (unpaired) electrons. The highest BCUT2D eigenvalue weighted by Gasteiger charge is 2.40. The molecule has 172 valence electrons. The Balaban J connectivity index is 1.74. The van der Waals surface area contributed by atoms with Gasteiger partial charge < -0.3 is 9.64 Å². The summed E-state index contributed by atoms with van der Waals surface area (Å²) in [4.78, 5) is 26.6. The van der Waals surface area contributed by atoms with Gasteiger partial charge in [-0.1, -0.05) is 41.4 Å². The first kappa shape index (κ1) is 24.6. The lowest BCUT2D eigenvalue weighted by Crippen LogP contribution is -2.33. The van der Waals surface area contributed by atoms with Gasteiger partial charge in [-0.15, -0.1) is 0 Å². The quantitative estimate of drug-likeness (QED) is 0.448. The van der Waals surface area contributed by atoms with Gasteiger partial charge in [0.05, 0.1) is 6.42 Å². The van der Waals surface area contributed by atoms with Crippen LogP contribution in [0.2, 0.25) is 10.0 Å². The third-order valence-corrected chi connectivity index (χ3v) is 6.56. The van der Waals surface area contributed by atoms with Gasteiger partial charge >= 0.3 is 5.97 Å². The minimum Gasteiger partial charge on any atom is -0.460 e. The van der Waals surface area contributed by atoms with Crippen molar-refractivity contribution in [1.82, 2.24) is 4.90 Å². The zero-order valence-corrected chi connectivity index (χ0v) is 20.7. The smallest absolute Gasteiger partial charge is 0.308 e. The highest BCUT2D eigenvalue weighted by molar-refractivity contribution is 6.31. The van der Waals surface area contributed by atoms with Crippen LogP contribution in [0.5, 0.6) is 0 Å². The van der Waals surface area contributed by atoms with E-state index >= 15 is 0 Å². The monoisotopic (exact) mass is 475 g/mol. The SMILES string of the molecule is CN(CCC(=O)OC(C)(C)C)C(=O)CC[C@@]1(c2ccc(Cl)cc2)CCc2ccc(Cl)cc21. The first-order chi connectivity index (χ1) is 15.0. The van der Waals surface area contributed by atoms with Crippen molar-refractivity contribution < 1.29 is 14.3 Å². The Kier molecular flexibility index (Phi) is 7.57. The molecule has 1 amide bonds. The molecule has 0 bridgehead atoms. The molecule has 0 aliphatic heterocycles. The molecule has 2 aromatic carbocycles. The van der Waals surface area contributed by atoms with Crippen molar-refractivity contribution in [3.63, 3.8) is 0 Å². The van der Waals surface area contributed by atoms with Gasteiger partial charge in [-0.05, 0) is 81.0 Å². The fourth-order valence-electron chi connectivity index (χ4n) is 4.46. The highest BCUT2D eigenvalue weighted by Crippen LogP contribution is 2.48. The summed E-state index contributed by atoms with van der Waals surface area (Å²) in [6, 6.07) is 13.9. The van der Waals surface area contributed by atoms with E-state index in [1.54, 1.807) is 11.9 Å². The van der Waals surface area contributed by atoms with Crippen molar-refractivity contribution in [3.05, 3.63) is 69.2 Å². The number of aryl methyl sites for hydroxylation is 1. The van der Waals surface area contributed by atoms with Crippen molar-refractivity contribution in [2.75, 3.05) is 13.6 Å². The maximum absolute atomic E-state index is 12.9. The summed E-state index contributed by atoms with van der Waals surface area (Å²) in [5, 5.41) is 1.39. The van der Waals surface area contributed by atoms with Crippen LogP contribution in [-0.4, -0.2) is 36.0 Å². The number of hydrogen-bond donors (Lipinski definition) is 0. The molecule has 0 saturated heterocycles. The fraction of sp³-hybridized carbons (Fsp3) is 0.462. The average molecular weight is 476 g/mol. The van der Waals surface area contributed by atoms with E-state index in [1.807, 2.05) is 45.0 Å². The summed E-state index contributed by atoms with van der Waals surface area (Å²) in [5.74, 6) is -0.286. The Labute approximate surface area is 200 Å². The zero-order chi connectivity index (χ0) is 23.5. The van der Waals surface area contributed by atoms with Crippen LogP contribution in [-0.2, 0) is 26.2 Å². The third kappa shape index (κ3) is 5.85. The van der Waals surface area contributed by atoms with Crippen molar-refractivity contribution in [2.45, 2.75) is 63.9 Å². The molecule has 32 heavy (non-hydrogen) atoms. The molecule has 0 saturated carbocycles.